The van der Waals surface area contributed by atoms with Crippen LogP contribution in [0, 0.1) is 5.82 Å². The molecule has 0 saturated heterocycles. The molecule has 2 aromatic rings. The Kier molecular flexibility index (Phi) is 3.22. The van der Waals surface area contributed by atoms with Crippen molar-refractivity contribution >= 4 is 17.1 Å². The summed E-state index contributed by atoms with van der Waals surface area (Å²) >= 11 is 0. The van der Waals surface area contributed by atoms with Gasteiger partial charge >= 0.3 is 0 Å². The van der Waals surface area contributed by atoms with Gasteiger partial charge in [-0.3, -0.25) is 0 Å². The number of fused-ring (bicyclic) bond motifs is 1. The molecule has 1 aliphatic rings. The van der Waals surface area contributed by atoms with E-state index in [4.69, 9.17) is 5.73 Å². The number of nitrogens with zero attached hydrogens (tertiary/aromatic N) is 2. The number of likely N-dealkylation sites (N-methyl/N-ethyl adjacent to an activating group) is 1. The van der Waals surface area contributed by atoms with E-state index in [0.29, 0.717) is 17.8 Å². The van der Waals surface area contributed by atoms with Crippen molar-refractivity contribution in [2.75, 3.05) is 35.7 Å². The lowest BCUT2D eigenvalue weighted by molar-refractivity contribution is 0.603. The van der Waals surface area contributed by atoms with Crippen molar-refractivity contribution in [1.29, 1.82) is 0 Å². The molecule has 2 N–H and O–H groups in total. The number of halogens is 1. The number of nitrogens with two attached hydrogens (primary N) is 1. The van der Waals surface area contributed by atoms with E-state index >= 15 is 0 Å². The lowest BCUT2D eigenvalue weighted by Gasteiger charge is -2.37. The minimum atomic E-state index is -0.235. The van der Waals surface area contributed by atoms with Crippen LogP contribution in [0.25, 0.3) is 0 Å². The first-order valence-electron chi connectivity index (χ1n) is 6.75. The number of para-hydroxylation sites is 2. The third-order valence-corrected chi connectivity index (χ3v) is 3.84. The topological polar surface area (TPSA) is 32.5 Å². The quantitative estimate of drug-likeness (QED) is 0.852. The van der Waals surface area contributed by atoms with E-state index in [1.165, 1.54) is 11.8 Å². The molecule has 104 valence electrons. The van der Waals surface area contributed by atoms with Crippen LogP contribution in [-0.4, -0.2) is 20.1 Å². The maximum Gasteiger partial charge on any atom is 0.130 e. The molecule has 3 rings (SSSR count). The first kappa shape index (κ1) is 12.8. The van der Waals surface area contributed by atoms with Gasteiger partial charge in [0.25, 0.3) is 0 Å². The highest BCUT2D eigenvalue weighted by atomic mass is 19.1. The van der Waals surface area contributed by atoms with Gasteiger partial charge in [-0.05, 0) is 24.3 Å². The Hall–Kier alpha value is -2.23. The number of nitrogen functional groups attached to an aromatic ring is 1. The average molecular weight is 271 g/mol. The Morgan fingerprint density at radius 1 is 1.05 bits per heavy atom. The van der Waals surface area contributed by atoms with Gasteiger partial charge in [-0.2, -0.15) is 0 Å². The van der Waals surface area contributed by atoms with Gasteiger partial charge in [-0.1, -0.05) is 18.2 Å². The lowest BCUT2D eigenvalue weighted by Crippen LogP contribution is -2.39. The smallest absolute Gasteiger partial charge is 0.130 e. The molecule has 0 fully saturated rings. The normalized spacial score (nSPS) is 14.3. The molecule has 4 heteroatoms. The van der Waals surface area contributed by atoms with Gasteiger partial charge in [0.15, 0.2) is 0 Å². The Morgan fingerprint density at radius 3 is 2.55 bits per heavy atom. The fourth-order valence-corrected chi connectivity index (χ4v) is 2.66. The molecule has 0 spiro atoms. The number of benzene rings is 2. The summed E-state index contributed by atoms with van der Waals surface area (Å²) in [7, 11) is 2.08. The molecule has 0 amide bonds. The summed E-state index contributed by atoms with van der Waals surface area (Å²) in [6.07, 6.45) is 0. The number of anilines is 3. The Morgan fingerprint density at radius 2 is 1.80 bits per heavy atom. The van der Waals surface area contributed by atoms with Gasteiger partial charge in [0.1, 0.15) is 5.82 Å². The van der Waals surface area contributed by atoms with E-state index in [2.05, 4.69) is 29.0 Å². The zero-order valence-corrected chi connectivity index (χ0v) is 11.5. The second-order valence-corrected chi connectivity index (χ2v) is 5.14. The highest BCUT2D eigenvalue weighted by Crippen LogP contribution is 2.33. The standard InChI is InChI=1S/C16H18FN3/c1-19-9-10-20(16-8-3-2-7-15(16)19)11-12-13(17)5-4-6-14(12)18/h2-8H,9-11,18H2,1H3. The maximum absolute atomic E-state index is 13.9. The molecule has 0 aliphatic carbocycles. The van der Waals surface area contributed by atoms with Crippen LogP contribution in [0.1, 0.15) is 5.56 Å². The Labute approximate surface area is 118 Å². The van der Waals surface area contributed by atoms with Gasteiger partial charge < -0.3 is 15.5 Å². The summed E-state index contributed by atoms with van der Waals surface area (Å²) in [5, 5.41) is 0. The average Bonchev–Trinajstić information content (AvgIpc) is 2.46. The summed E-state index contributed by atoms with van der Waals surface area (Å²) in [4.78, 5) is 4.40. The van der Waals surface area contributed by atoms with Crippen molar-refractivity contribution in [2.24, 2.45) is 0 Å². The van der Waals surface area contributed by atoms with E-state index in [9.17, 15) is 4.39 Å². The number of hydrogen-bond donors (Lipinski definition) is 1. The zero-order valence-electron chi connectivity index (χ0n) is 11.5. The fraction of sp³-hybridized carbons (Fsp3) is 0.250. The van der Waals surface area contributed by atoms with Crippen LogP contribution in [0.15, 0.2) is 42.5 Å². The molecule has 0 saturated carbocycles. The largest absolute Gasteiger partial charge is 0.398 e. The zero-order chi connectivity index (χ0) is 14.1. The Bertz CT molecular complexity index is 607. The highest BCUT2D eigenvalue weighted by molar-refractivity contribution is 5.73. The van der Waals surface area contributed by atoms with Gasteiger partial charge in [-0.25, -0.2) is 4.39 Å². The molecule has 0 aromatic heterocycles. The van der Waals surface area contributed by atoms with Crippen molar-refractivity contribution in [1.82, 2.24) is 0 Å². The van der Waals surface area contributed by atoms with Gasteiger partial charge in [0, 0.05) is 37.9 Å². The lowest BCUT2D eigenvalue weighted by atomic mass is 10.1. The van der Waals surface area contributed by atoms with Crippen LogP contribution in [-0.2, 0) is 6.54 Å². The maximum atomic E-state index is 13.9. The van der Waals surface area contributed by atoms with Gasteiger partial charge in [0.2, 0.25) is 0 Å². The third kappa shape index (κ3) is 2.18. The first-order chi connectivity index (χ1) is 9.66. The molecule has 0 bridgehead atoms. The van der Waals surface area contributed by atoms with Crippen molar-refractivity contribution in [3.63, 3.8) is 0 Å². The predicted molar refractivity (Wildman–Crippen MR) is 81.6 cm³/mol. The second kappa shape index (κ2) is 5.04. The minimum absolute atomic E-state index is 0.235. The molecule has 1 aliphatic heterocycles. The number of rotatable bonds is 2. The molecule has 20 heavy (non-hydrogen) atoms. The van der Waals surface area contributed by atoms with E-state index in [0.717, 1.165) is 18.8 Å². The fourth-order valence-electron chi connectivity index (χ4n) is 2.66. The third-order valence-electron chi connectivity index (χ3n) is 3.84. The Balaban J connectivity index is 1.95. The molecule has 2 aromatic carbocycles. The molecular weight excluding hydrogens is 253 g/mol. The van der Waals surface area contributed by atoms with Gasteiger partial charge in [0.05, 0.1) is 11.4 Å². The summed E-state index contributed by atoms with van der Waals surface area (Å²) in [5.74, 6) is -0.235. The van der Waals surface area contributed by atoms with E-state index < -0.39 is 0 Å². The molecule has 0 unspecified atom stereocenters. The van der Waals surface area contributed by atoms with Crippen molar-refractivity contribution in [3.05, 3.63) is 53.8 Å². The monoisotopic (exact) mass is 271 g/mol. The van der Waals surface area contributed by atoms with E-state index in [1.807, 2.05) is 12.1 Å². The van der Waals surface area contributed by atoms with Gasteiger partial charge in [-0.15, -0.1) is 0 Å². The van der Waals surface area contributed by atoms with Crippen LogP contribution < -0.4 is 15.5 Å². The summed E-state index contributed by atoms with van der Waals surface area (Å²) in [5.41, 5.74) is 9.30. The molecule has 1 heterocycles. The summed E-state index contributed by atoms with van der Waals surface area (Å²) in [6.45, 7) is 2.29. The minimum Gasteiger partial charge on any atom is -0.398 e. The van der Waals surface area contributed by atoms with Crippen LogP contribution in [0.3, 0.4) is 0 Å². The summed E-state index contributed by atoms with van der Waals surface area (Å²) < 4.78 is 13.9. The molecular formula is C16H18FN3. The second-order valence-electron chi connectivity index (χ2n) is 5.14. The van der Waals surface area contributed by atoms with Crippen LogP contribution in [0.4, 0.5) is 21.5 Å². The highest BCUT2D eigenvalue weighted by Gasteiger charge is 2.21. The molecule has 3 nitrogen and oxygen atoms in total. The van der Waals surface area contributed by atoms with Crippen molar-refractivity contribution in [2.45, 2.75) is 6.54 Å². The van der Waals surface area contributed by atoms with Crippen molar-refractivity contribution < 1.29 is 4.39 Å². The van der Waals surface area contributed by atoms with E-state index in [1.54, 1.807) is 12.1 Å². The molecule has 0 atom stereocenters. The first-order valence-corrected chi connectivity index (χ1v) is 6.75. The van der Waals surface area contributed by atoms with Crippen LogP contribution >= 0.6 is 0 Å². The predicted octanol–water partition coefficient (Wildman–Crippen LogP) is 2.86. The number of hydrogen-bond acceptors (Lipinski definition) is 3. The van der Waals surface area contributed by atoms with Crippen molar-refractivity contribution in [3.8, 4) is 0 Å². The van der Waals surface area contributed by atoms with Crippen LogP contribution in [0.5, 0.6) is 0 Å². The molecule has 0 radical (unpaired) electrons. The van der Waals surface area contributed by atoms with E-state index in [-0.39, 0.29) is 5.82 Å². The summed E-state index contributed by atoms with van der Waals surface area (Å²) in [6, 6.07) is 13.1. The van der Waals surface area contributed by atoms with Crippen LogP contribution in [0.2, 0.25) is 0 Å². The SMILES string of the molecule is CN1CCN(Cc2c(N)cccc2F)c2ccccc21.